The van der Waals surface area contributed by atoms with Gasteiger partial charge in [0, 0.05) is 47.9 Å². The van der Waals surface area contributed by atoms with Gasteiger partial charge in [-0.05, 0) is 38.5 Å². The minimum absolute atomic E-state index is 0.000850. The summed E-state index contributed by atoms with van der Waals surface area (Å²) in [6, 6.07) is 9.52. The maximum absolute atomic E-state index is 12.7. The number of rotatable bonds is 2. The molecule has 6 nitrogen and oxygen atoms in total. The third kappa shape index (κ3) is 2.89. The Labute approximate surface area is 170 Å². The fourth-order valence-electron chi connectivity index (χ4n) is 5.10. The molecule has 0 unspecified atom stereocenters. The minimum atomic E-state index is -0.380. The quantitative estimate of drug-likeness (QED) is 0.780. The van der Waals surface area contributed by atoms with Gasteiger partial charge in [-0.1, -0.05) is 12.1 Å². The van der Waals surface area contributed by atoms with E-state index in [2.05, 4.69) is 24.9 Å². The fourth-order valence-corrected chi connectivity index (χ4v) is 5.10. The monoisotopic (exact) mass is 394 g/mol. The van der Waals surface area contributed by atoms with Crippen LogP contribution in [0.5, 0.6) is 11.5 Å². The van der Waals surface area contributed by atoms with E-state index in [9.17, 15) is 4.79 Å². The van der Waals surface area contributed by atoms with Gasteiger partial charge in [-0.2, -0.15) is 0 Å². The number of benzene rings is 1. The summed E-state index contributed by atoms with van der Waals surface area (Å²) >= 11 is 0. The number of ether oxygens (including phenoxy) is 3. The lowest BCUT2D eigenvalue weighted by Gasteiger charge is -2.58. The van der Waals surface area contributed by atoms with Crippen LogP contribution in [0.3, 0.4) is 0 Å². The molecule has 1 spiro atoms. The predicted octanol–water partition coefficient (Wildman–Crippen LogP) is 3.48. The Bertz CT molecular complexity index is 937. The Balaban J connectivity index is 1.36. The van der Waals surface area contributed by atoms with Crippen molar-refractivity contribution in [3.63, 3.8) is 0 Å². The molecule has 1 aromatic carbocycles. The van der Waals surface area contributed by atoms with E-state index in [0.29, 0.717) is 12.2 Å². The molecule has 6 heteroatoms. The van der Waals surface area contributed by atoms with Crippen LogP contribution in [0.2, 0.25) is 0 Å². The van der Waals surface area contributed by atoms with Gasteiger partial charge in [0.2, 0.25) is 0 Å². The standard InChI is InChI=1S/C23H26N2O4/c1-22(2)17-11-23(12-25(13-23)21(26)15-7-9-24-10-8-15)14-28-19(17)16-5-4-6-18(27-3)20(16)29-22/h4-10,17,19H,11-14H2,1-3H3/t17-,19+/m0/s1. The summed E-state index contributed by atoms with van der Waals surface area (Å²) in [5.41, 5.74) is 1.37. The zero-order valence-corrected chi connectivity index (χ0v) is 17.1. The Morgan fingerprint density at radius 1 is 1.21 bits per heavy atom. The van der Waals surface area contributed by atoms with Crippen molar-refractivity contribution in [2.75, 3.05) is 26.8 Å². The van der Waals surface area contributed by atoms with Crippen molar-refractivity contribution in [1.29, 1.82) is 0 Å². The number of para-hydroxylation sites is 1. The van der Waals surface area contributed by atoms with Crippen LogP contribution in [-0.4, -0.2) is 48.2 Å². The summed E-state index contributed by atoms with van der Waals surface area (Å²) < 4.78 is 18.4. The van der Waals surface area contributed by atoms with Gasteiger partial charge in [0.15, 0.2) is 11.5 Å². The molecule has 3 aliphatic rings. The van der Waals surface area contributed by atoms with Crippen LogP contribution in [0.4, 0.5) is 0 Å². The molecule has 5 rings (SSSR count). The number of hydrogen-bond donors (Lipinski definition) is 0. The molecule has 2 fully saturated rings. The lowest BCUT2D eigenvalue weighted by atomic mass is 9.64. The molecule has 2 atom stereocenters. The van der Waals surface area contributed by atoms with Crippen molar-refractivity contribution in [1.82, 2.24) is 9.88 Å². The van der Waals surface area contributed by atoms with Crippen LogP contribution in [0, 0.1) is 11.3 Å². The first-order chi connectivity index (χ1) is 13.9. The molecular formula is C23H26N2O4. The van der Waals surface area contributed by atoms with Crippen LogP contribution in [0.1, 0.15) is 42.3 Å². The highest BCUT2D eigenvalue weighted by molar-refractivity contribution is 5.94. The number of nitrogens with zero attached hydrogens (tertiary/aromatic N) is 2. The van der Waals surface area contributed by atoms with Crippen molar-refractivity contribution >= 4 is 5.91 Å². The summed E-state index contributed by atoms with van der Waals surface area (Å²) in [5, 5.41) is 0. The van der Waals surface area contributed by atoms with Crippen LogP contribution >= 0.6 is 0 Å². The predicted molar refractivity (Wildman–Crippen MR) is 107 cm³/mol. The van der Waals surface area contributed by atoms with Crippen molar-refractivity contribution in [2.45, 2.75) is 32.0 Å². The highest BCUT2D eigenvalue weighted by Gasteiger charge is 2.57. The second kappa shape index (κ2) is 6.46. The van der Waals surface area contributed by atoms with E-state index in [1.807, 2.05) is 17.0 Å². The molecule has 0 aliphatic carbocycles. The number of pyridine rings is 1. The van der Waals surface area contributed by atoms with Crippen molar-refractivity contribution in [3.8, 4) is 11.5 Å². The van der Waals surface area contributed by atoms with E-state index < -0.39 is 0 Å². The zero-order chi connectivity index (χ0) is 20.2. The van der Waals surface area contributed by atoms with Crippen molar-refractivity contribution < 1.29 is 19.0 Å². The molecule has 0 radical (unpaired) electrons. The second-order valence-electron chi connectivity index (χ2n) is 9.02. The smallest absolute Gasteiger partial charge is 0.254 e. The molecular weight excluding hydrogens is 368 g/mol. The first-order valence-corrected chi connectivity index (χ1v) is 10.1. The largest absolute Gasteiger partial charge is 0.493 e. The first-order valence-electron chi connectivity index (χ1n) is 10.1. The number of methoxy groups -OCH3 is 1. The van der Waals surface area contributed by atoms with Crippen LogP contribution in [-0.2, 0) is 4.74 Å². The molecule has 152 valence electrons. The summed E-state index contributed by atoms with van der Waals surface area (Å²) in [6.07, 6.45) is 4.27. The summed E-state index contributed by atoms with van der Waals surface area (Å²) in [4.78, 5) is 18.6. The SMILES string of the molecule is COc1cccc2c1OC(C)(C)[C@H]1CC3(CO[C@H]21)CN(C(=O)c1ccncc1)C3. The van der Waals surface area contributed by atoms with Gasteiger partial charge in [-0.3, -0.25) is 9.78 Å². The van der Waals surface area contributed by atoms with Gasteiger partial charge >= 0.3 is 0 Å². The lowest BCUT2D eigenvalue weighted by Crippen LogP contribution is -2.65. The van der Waals surface area contributed by atoms with E-state index >= 15 is 0 Å². The topological polar surface area (TPSA) is 60.9 Å². The number of carbonyl (C=O) groups is 1. The number of fused-ring (bicyclic) bond motifs is 3. The van der Waals surface area contributed by atoms with Gasteiger partial charge in [0.05, 0.1) is 19.8 Å². The van der Waals surface area contributed by atoms with E-state index in [4.69, 9.17) is 14.2 Å². The van der Waals surface area contributed by atoms with Crippen LogP contribution < -0.4 is 9.47 Å². The van der Waals surface area contributed by atoms with E-state index in [0.717, 1.165) is 36.6 Å². The second-order valence-corrected chi connectivity index (χ2v) is 9.02. The fraction of sp³-hybridized carbons (Fsp3) is 0.478. The number of amides is 1. The summed E-state index contributed by atoms with van der Waals surface area (Å²) in [5.74, 6) is 1.82. The maximum Gasteiger partial charge on any atom is 0.254 e. The average molecular weight is 394 g/mol. The normalized spacial score (nSPS) is 26.0. The maximum atomic E-state index is 12.7. The molecule has 0 saturated carbocycles. The Hall–Kier alpha value is -2.60. The van der Waals surface area contributed by atoms with Gasteiger partial charge in [-0.25, -0.2) is 0 Å². The number of hydrogen-bond acceptors (Lipinski definition) is 5. The average Bonchev–Trinajstić information content (AvgIpc) is 2.71. The third-order valence-corrected chi connectivity index (χ3v) is 6.65. The van der Waals surface area contributed by atoms with Gasteiger partial charge in [-0.15, -0.1) is 0 Å². The lowest BCUT2D eigenvalue weighted by molar-refractivity contribution is -0.192. The Morgan fingerprint density at radius 3 is 2.69 bits per heavy atom. The molecule has 1 aromatic heterocycles. The third-order valence-electron chi connectivity index (χ3n) is 6.65. The number of carbonyl (C=O) groups excluding carboxylic acids is 1. The minimum Gasteiger partial charge on any atom is -0.493 e. The molecule has 0 bridgehead atoms. The van der Waals surface area contributed by atoms with Gasteiger partial charge in [0.1, 0.15) is 5.60 Å². The molecule has 29 heavy (non-hydrogen) atoms. The molecule has 4 heterocycles. The van der Waals surface area contributed by atoms with E-state index in [1.165, 1.54) is 0 Å². The Morgan fingerprint density at radius 2 is 1.97 bits per heavy atom. The molecule has 2 saturated heterocycles. The van der Waals surface area contributed by atoms with E-state index in [1.54, 1.807) is 31.6 Å². The zero-order valence-electron chi connectivity index (χ0n) is 17.1. The highest BCUT2D eigenvalue weighted by Crippen LogP contribution is 2.56. The summed E-state index contributed by atoms with van der Waals surface area (Å²) in [6.45, 7) is 6.35. The molecule has 3 aliphatic heterocycles. The van der Waals surface area contributed by atoms with Crippen LogP contribution in [0.15, 0.2) is 42.7 Å². The van der Waals surface area contributed by atoms with Crippen LogP contribution in [0.25, 0.3) is 0 Å². The number of aromatic nitrogens is 1. The molecule has 1 amide bonds. The van der Waals surface area contributed by atoms with E-state index in [-0.39, 0.29) is 28.9 Å². The first kappa shape index (κ1) is 18.4. The molecule has 2 aromatic rings. The van der Waals surface area contributed by atoms with Crippen molar-refractivity contribution in [3.05, 3.63) is 53.9 Å². The summed E-state index contributed by atoms with van der Waals surface area (Å²) in [7, 11) is 1.66. The van der Waals surface area contributed by atoms with Gasteiger partial charge in [0.25, 0.3) is 5.91 Å². The number of likely N-dealkylation sites (tertiary alicyclic amines) is 1. The Kier molecular flexibility index (Phi) is 4.10. The van der Waals surface area contributed by atoms with Crippen molar-refractivity contribution in [2.24, 2.45) is 11.3 Å². The highest BCUT2D eigenvalue weighted by atomic mass is 16.5. The molecule has 0 N–H and O–H groups in total. The van der Waals surface area contributed by atoms with Gasteiger partial charge < -0.3 is 19.1 Å².